The van der Waals surface area contributed by atoms with E-state index >= 15 is 0 Å². The van der Waals surface area contributed by atoms with Crippen LogP contribution in [-0.2, 0) is 11.3 Å². The van der Waals surface area contributed by atoms with E-state index in [2.05, 4.69) is 27.1 Å². The highest BCUT2D eigenvalue weighted by Gasteiger charge is 2.22. The summed E-state index contributed by atoms with van der Waals surface area (Å²) in [6.45, 7) is 5.35. The van der Waals surface area contributed by atoms with Crippen LogP contribution in [0.1, 0.15) is 11.3 Å². The lowest BCUT2D eigenvalue weighted by Crippen LogP contribution is -2.49. The number of carbonyl (C=O) groups excluding carboxylic acids is 1. The minimum Gasteiger partial charge on any atom is -0.339 e. The van der Waals surface area contributed by atoms with Crippen molar-refractivity contribution in [3.8, 4) is 10.6 Å². The van der Waals surface area contributed by atoms with Crippen molar-refractivity contribution in [2.45, 2.75) is 18.4 Å². The fourth-order valence-electron chi connectivity index (χ4n) is 3.90. The molecule has 0 atom stereocenters. The van der Waals surface area contributed by atoms with Crippen LogP contribution in [0.15, 0.2) is 64.3 Å². The lowest BCUT2D eigenvalue weighted by Gasteiger charge is -2.34. The first-order valence-corrected chi connectivity index (χ1v) is 13.1. The fraction of sp³-hybridized carbons (Fsp3) is 0.280. The average molecular weight is 510 g/mol. The fourth-order valence-corrected chi connectivity index (χ4v) is 5.63. The highest BCUT2D eigenvalue weighted by atomic mass is 32.2. The number of halogens is 1. The van der Waals surface area contributed by atoms with Gasteiger partial charge in [0.05, 0.1) is 11.4 Å². The molecule has 1 aliphatic rings. The molecule has 5 rings (SSSR count). The van der Waals surface area contributed by atoms with E-state index in [-0.39, 0.29) is 17.3 Å². The van der Waals surface area contributed by atoms with Gasteiger partial charge in [0.15, 0.2) is 0 Å². The van der Waals surface area contributed by atoms with Crippen molar-refractivity contribution in [3.05, 3.63) is 82.0 Å². The first-order chi connectivity index (χ1) is 16.9. The number of amides is 1. The van der Waals surface area contributed by atoms with Crippen LogP contribution in [0.25, 0.3) is 15.5 Å². The SMILES string of the molecule is Cc1ccc(SCC(=O)N2CCN(Cc3cc(=O)n4nc(-c5ccc(F)cc5)sc4n3)CC2)cc1. The third-order valence-corrected chi connectivity index (χ3v) is 7.84. The number of hydrogen-bond acceptors (Lipinski definition) is 7. The number of piperazine rings is 1. The number of benzene rings is 2. The van der Waals surface area contributed by atoms with Gasteiger partial charge < -0.3 is 4.90 Å². The highest BCUT2D eigenvalue weighted by molar-refractivity contribution is 8.00. The summed E-state index contributed by atoms with van der Waals surface area (Å²) in [5.41, 5.74) is 2.39. The molecule has 0 spiro atoms. The maximum Gasteiger partial charge on any atom is 0.275 e. The molecule has 1 fully saturated rings. The van der Waals surface area contributed by atoms with Gasteiger partial charge in [-0.1, -0.05) is 29.0 Å². The Balaban J connectivity index is 1.18. The standard InChI is InChI=1S/C25H24FN5O2S2/c1-17-2-8-21(9-3-17)34-16-23(33)30-12-10-29(11-13-30)15-20-14-22(32)31-25(27-20)35-24(28-31)18-4-6-19(26)7-5-18/h2-9,14H,10-13,15-16H2,1H3. The lowest BCUT2D eigenvalue weighted by atomic mass is 10.2. The number of aryl methyl sites for hydroxylation is 1. The molecular formula is C25H24FN5O2S2. The highest BCUT2D eigenvalue weighted by Crippen LogP contribution is 2.24. The summed E-state index contributed by atoms with van der Waals surface area (Å²) in [5, 5.41) is 4.96. The molecule has 1 amide bonds. The molecule has 2 aromatic heterocycles. The van der Waals surface area contributed by atoms with Crippen molar-refractivity contribution in [2.24, 2.45) is 0 Å². The number of fused-ring (bicyclic) bond motifs is 1. The molecule has 7 nitrogen and oxygen atoms in total. The average Bonchev–Trinajstić information content (AvgIpc) is 3.29. The van der Waals surface area contributed by atoms with Gasteiger partial charge in [-0.05, 0) is 43.3 Å². The third-order valence-electron chi connectivity index (χ3n) is 5.88. The minimum absolute atomic E-state index is 0.144. The van der Waals surface area contributed by atoms with Gasteiger partial charge in [-0.3, -0.25) is 14.5 Å². The third kappa shape index (κ3) is 5.61. The number of thioether (sulfide) groups is 1. The summed E-state index contributed by atoms with van der Waals surface area (Å²) >= 11 is 2.86. The molecule has 1 aliphatic heterocycles. The summed E-state index contributed by atoms with van der Waals surface area (Å²) in [5.74, 6) is 0.255. The van der Waals surface area contributed by atoms with E-state index in [1.165, 1.54) is 39.6 Å². The van der Waals surface area contributed by atoms with Gasteiger partial charge in [0.25, 0.3) is 5.56 Å². The van der Waals surface area contributed by atoms with Crippen molar-refractivity contribution in [2.75, 3.05) is 31.9 Å². The summed E-state index contributed by atoms with van der Waals surface area (Å²) in [4.78, 5) is 35.6. The Hall–Kier alpha value is -3.08. The van der Waals surface area contributed by atoms with E-state index < -0.39 is 0 Å². The molecule has 0 bridgehead atoms. The van der Waals surface area contributed by atoms with E-state index in [9.17, 15) is 14.0 Å². The van der Waals surface area contributed by atoms with Crippen molar-refractivity contribution < 1.29 is 9.18 Å². The van der Waals surface area contributed by atoms with E-state index in [0.29, 0.717) is 41.0 Å². The van der Waals surface area contributed by atoms with Crippen molar-refractivity contribution in [1.29, 1.82) is 0 Å². The summed E-state index contributed by atoms with van der Waals surface area (Å²) < 4.78 is 14.5. The molecule has 0 aliphatic carbocycles. The van der Waals surface area contributed by atoms with Gasteiger partial charge in [0.1, 0.15) is 10.8 Å². The lowest BCUT2D eigenvalue weighted by molar-refractivity contribution is -0.130. The van der Waals surface area contributed by atoms with E-state index in [4.69, 9.17) is 0 Å². The molecule has 10 heteroatoms. The zero-order valence-corrected chi connectivity index (χ0v) is 20.8. The second-order valence-electron chi connectivity index (χ2n) is 8.45. The largest absolute Gasteiger partial charge is 0.339 e. The maximum atomic E-state index is 13.2. The molecule has 3 heterocycles. The Bertz CT molecular complexity index is 1390. The summed E-state index contributed by atoms with van der Waals surface area (Å²) in [6, 6.07) is 15.7. The summed E-state index contributed by atoms with van der Waals surface area (Å²) in [7, 11) is 0. The molecule has 2 aromatic carbocycles. The quantitative estimate of drug-likeness (QED) is 0.369. The first-order valence-electron chi connectivity index (χ1n) is 11.3. The second-order valence-corrected chi connectivity index (χ2v) is 10.5. The molecule has 0 saturated carbocycles. The van der Waals surface area contributed by atoms with Gasteiger partial charge in [-0.15, -0.1) is 11.8 Å². The number of hydrogen-bond donors (Lipinski definition) is 0. The number of nitrogens with zero attached hydrogens (tertiary/aromatic N) is 5. The van der Waals surface area contributed by atoms with Crippen LogP contribution < -0.4 is 5.56 Å². The van der Waals surface area contributed by atoms with Gasteiger partial charge in [-0.25, -0.2) is 9.37 Å². The van der Waals surface area contributed by atoms with Crippen LogP contribution in [0.5, 0.6) is 0 Å². The van der Waals surface area contributed by atoms with Crippen molar-refractivity contribution in [1.82, 2.24) is 24.4 Å². The smallest absolute Gasteiger partial charge is 0.275 e. The van der Waals surface area contributed by atoms with Gasteiger partial charge >= 0.3 is 0 Å². The van der Waals surface area contributed by atoms with Crippen molar-refractivity contribution >= 4 is 34.0 Å². The van der Waals surface area contributed by atoms with Crippen LogP contribution in [0.4, 0.5) is 4.39 Å². The van der Waals surface area contributed by atoms with Crippen molar-refractivity contribution in [3.63, 3.8) is 0 Å². The molecule has 1 saturated heterocycles. The Labute approximate surface area is 210 Å². The topological polar surface area (TPSA) is 70.8 Å². The molecule has 4 aromatic rings. The Morgan fingerprint density at radius 3 is 2.49 bits per heavy atom. The van der Waals surface area contributed by atoms with E-state index in [0.717, 1.165) is 23.5 Å². The predicted molar refractivity (Wildman–Crippen MR) is 136 cm³/mol. The summed E-state index contributed by atoms with van der Waals surface area (Å²) in [6.07, 6.45) is 0. The zero-order valence-electron chi connectivity index (χ0n) is 19.2. The van der Waals surface area contributed by atoms with Crippen LogP contribution in [0.2, 0.25) is 0 Å². The Morgan fingerprint density at radius 2 is 1.77 bits per heavy atom. The van der Waals surface area contributed by atoms with E-state index in [1.807, 2.05) is 24.0 Å². The number of aromatic nitrogens is 3. The van der Waals surface area contributed by atoms with Gasteiger partial charge in [-0.2, -0.15) is 9.61 Å². The van der Waals surface area contributed by atoms with Crippen LogP contribution in [0.3, 0.4) is 0 Å². The second kappa shape index (κ2) is 10.3. The van der Waals surface area contributed by atoms with Gasteiger partial charge in [0, 0.05) is 49.2 Å². The number of rotatable bonds is 6. The number of carbonyl (C=O) groups is 1. The molecule has 180 valence electrons. The molecular weight excluding hydrogens is 485 g/mol. The predicted octanol–water partition coefficient (Wildman–Crippen LogP) is 3.70. The Kier molecular flexibility index (Phi) is 6.94. The maximum absolute atomic E-state index is 13.2. The molecule has 0 radical (unpaired) electrons. The van der Waals surface area contributed by atoms with Crippen LogP contribution >= 0.6 is 23.1 Å². The molecule has 35 heavy (non-hydrogen) atoms. The first kappa shape index (κ1) is 23.7. The normalized spacial score (nSPS) is 14.5. The van der Waals surface area contributed by atoms with Crippen LogP contribution in [0, 0.1) is 12.7 Å². The minimum atomic E-state index is -0.320. The molecule has 0 N–H and O–H groups in total. The van der Waals surface area contributed by atoms with Gasteiger partial charge in [0.2, 0.25) is 10.9 Å². The monoisotopic (exact) mass is 509 g/mol. The van der Waals surface area contributed by atoms with E-state index in [1.54, 1.807) is 23.9 Å². The van der Waals surface area contributed by atoms with Crippen LogP contribution in [-0.4, -0.2) is 62.2 Å². The Morgan fingerprint density at radius 1 is 1.06 bits per heavy atom. The molecule has 0 unspecified atom stereocenters. The zero-order chi connectivity index (χ0) is 24.4.